The molecule has 7 heteroatoms. The van der Waals surface area contributed by atoms with E-state index in [1.54, 1.807) is 14.0 Å². The fourth-order valence-corrected chi connectivity index (χ4v) is 1.74. The molecule has 0 aliphatic carbocycles. The van der Waals surface area contributed by atoms with Crippen molar-refractivity contribution in [1.29, 1.82) is 0 Å². The van der Waals surface area contributed by atoms with Gasteiger partial charge in [0.1, 0.15) is 17.3 Å². The average Bonchev–Trinajstić information content (AvgIpc) is 2.46. The molecule has 1 aromatic carbocycles. The Kier molecular flexibility index (Phi) is 6.74. The summed E-state index contributed by atoms with van der Waals surface area (Å²) >= 11 is 0. The number of carbonyl (C=O) groups excluding carboxylic acids is 2. The molecule has 0 saturated carbocycles. The van der Waals surface area contributed by atoms with Crippen LogP contribution in [0.4, 0.5) is 14.5 Å². The molecule has 5 nitrogen and oxygen atoms in total. The lowest BCUT2D eigenvalue weighted by atomic mass is 10.3. The third-order valence-corrected chi connectivity index (χ3v) is 2.88. The van der Waals surface area contributed by atoms with E-state index in [1.165, 1.54) is 11.0 Å². The van der Waals surface area contributed by atoms with Crippen LogP contribution in [0.2, 0.25) is 0 Å². The number of nitrogens with zero attached hydrogens (tertiary/aromatic N) is 1. The van der Waals surface area contributed by atoms with Gasteiger partial charge in [-0.1, -0.05) is 6.07 Å². The minimum Gasteiger partial charge on any atom is -0.334 e. The first-order valence-corrected chi connectivity index (χ1v) is 6.65. The summed E-state index contributed by atoms with van der Waals surface area (Å²) in [5.74, 6) is -2.55. The lowest BCUT2D eigenvalue weighted by molar-refractivity contribution is -0.134. The van der Waals surface area contributed by atoms with Gasteiger partial charge in [-0.25, -0.2) is 8.78 Å². The normalized spacial score (nSPS) is 10.3. The number of amides is 2. The largest absolute Gasteiger partial charge is 0.334 e. The molecule has 0 saturated heterocycles. The second kappa shape index (κ2) is 8.31. The van der Waals surface area contributed by atoms with Crippen LogP contribution in [0.3, 0.4) is 0 Å². The summed E-state index contributed by atoms with van der Waals surface area (Å²) < 4.78 is 26.8. The van der Waals surface area contributed by atoms with Crippen molar-refractivity contribution in [2.24, 2.45) is 0 Å². The molecule has 0 unspecified atom stereocenters. The smallest absolute Gasteiger partial charge is 0.244 e. The molecule has 0 heterocycles. The van der Waals surface area contributed by atoms with E-state index in [-0.39, 0.29) is 18.9 Å². The lowest BCUT2D eigenvalue weighted by Crippen LogP contribution is -2.39. The Balaban J connectivity index is 2.65. The molecule has 0 fully saturated rings. The third-order valence-electron chi connectivity index (χ3n) is 2.88. The Morgan fingerprint density at radius 3 is 2.38 bits per heavy atom. The van der Waals surface area contributed by atoms with Crippen LogP contribution >= 0.6 is 0 Å². The van der Waals surface area contributed by atoms with Gasteiger partial charge < -0.3 is 15.5 Å². The molecule has 0 aliphatic rings. The molecular formula is C14H19F2N3O2. The van der Waals surface area contributed by atoms with E-state index in [2.05, 4.69) is 10.6 Å². The number of likely N-dealkylation sites (N-methyl/N-ethyl adjacent to an activating group) is 1. The number of benzene rings is 1. The number of hydrogen-bond donors (Lipinski definition) is 2. The first kappa shape index (κ1) is 17.0. The van der Waals surface area contributed by atoms with Gasteiger partial charge in [-0.15, -0.1) is 0 Å². The Hall–Kier alpha value is -2.02. The second-order valence-electron chi connectivity index (χ2n) is 4.41. The Morgan fingerprint density at radius 1 is 1.24 bits per heavy atom. The predicted molar refractivity (Wildman–Crippen MR) is 75.8 cm³/mol. The highest BCUT2D eigenvalue weighted by atomic mass is 19.1. The Morgan fingerprint density at radius 2 is 1.86 bits per heavy atom. The van der Waals surface area contributed by atoms with Gasteiger partial charge in [0, 0.05) is 19.5 Å². The van der Waals surface area contributed by atoms with E-state index >= 15 is 0 Å². The van der Waals surface area contributed by atoms with Crippen molar-refractivity contribution in [3.05, 3.63) is 29.8 Å². The monoisotopic (exact) mass is 299 g/mol. The van der Waals surface area contributed by atoms with Crippen LogP contribution in [-0.4, -0.2) is 43.4 Å². The van der Waals surface area contributed by atoms with E-state index < -0.39 is 23.2 Å². The van der Waals surface area contributed by atoms with E-state index in [4.69, 9.17) is 0 Å². The minimum absolute atomic E-state index is 0.198. The quantitative estimate of drug-likeness (QED) is 0.799. The van der Waals surface area contributed by atoms with Crippen molar-refractivity contribution >= 4 is 17.5 Å². The summed E-state index contributed by atoms with van der Waals surface area (Å²) in [5, 5.41) is 4.99. The highest BCUT2D eigenvalue weighted by Gasteiger charge is 2.17. The molecule has 0 spiro atoms. The predicted octanol–water partition coefficient (Wildman–Crippen LogP) is 1.36. The van der Waals surface area contributed by atoms with E-state index in [0.29, 0.717) is 13.1 Å². The van der Waals surface area contributed by atoms with E-state index in [1.807, 2.05) is 0 Å². The second-order valence-corrected chi connectivity index (χ2v) is 4.41. The number of hydrogen-bond acceptors (Lipinski definition) is 3. The molecule has 116 valence electrons. The Labute approximate surface area is 122 Å². The van der Waals surface area contributed by atoms with Crippen molar-refractivity contribution in [1.82, 2.24) is 10.2 Å². The summed E-state index contributed by atoms with van der Waals surface area (Å²) in [7, 11) is 1.72. The Bertz CT molecular complexity index is 489. The fourth-order valence-electron chi connectivity index (χ4n) is 1.74. The van der Waals surface area contributed by atoms with Crippen molar-refractivity contribution in [2.45, 2.75) is 13.3 Å². The number of rotatable bonds is 7. The van der Waals surface area contributed by atoms with Crippen molar-refractivity contribution < 1.29 is 18.4 Å². The summed E-state index contributed by atoms with van der Waals surface area (Å²) in [4.78, 5) is 24.9. The zero-order valence-electron chi connectivity index (χ0n) is 12.1. The van der Waals surface area contributed by atoms with Gasteiger partial charge in [0.15, 0.2) is 0 Å². The number of carbonyl (C=O) groups is 2. The molecule has 1 rings (SSSR count). The van der Waals surface area contributed by atoms with Gasteiger partial charge in [0.25, 0.3) is 0 Å². The molecule has 0 atom stereocenters. The van der Waals surface area contributed by atoms with Crippen LogP contribution in [0.15, 0.2) is 18.2 Å². The highest BCUT2D eigenvalue weighted by molar-refractivity contribution is 5.94. The molecular weight excluding hydrogens is 280 g/mol. The molecule has 21 heavy (non-hydrogen) atoms. The molecule has 0 radical (unpaired) electrons. The molecule has 2 N–H and O–H groups in total. The van der Waals surface area contributed by atoms with Gasteiger partial charge in [-0.2, -0.15) is 0 Å². The van der Waals surface area contributed by atoms with Gasteiger partial charge in [0.05, 0.1) is 6.54 Å². The lowest BCUT2D eigenvalue weighted by Gasteiger charge is -2.20. The number of anilines is 1. The maximum atomic E-state index is 13.4. The SMILES string of the molecule is CCN(CC(=O)Nc1c(F)cccc1F)C(=O)CCNC. The summed E-state index contributed by atoms with van der Waals surface area (Å²) in [6.07, 6.45) is 0.256. The number of nitrogens with one attached hydrogen (secondary N) is 2. The molecule has 1 aromatic rings. The summed E-state index contributed by atoms with van der Waals surface area (Å²) in [6, 6.07) is 3.31. The zero-order chi connectivity index (χ0) is 15.8. The molecule has 0 aromatic heterocycles. The van der Waals surface area contributed by atoms with Crippen molar-refractivity contribution in [3.8, 4) is 0 Å². The van der Waals surface area contributed by atoms with Gasteiger partial charge in [-0.3, -0.25) is 9.59 Å². The number of halogens is 2. The molecule has 0 aliphatic heterocycles. The van der Waals surface area contributed by atoms with Crippen LogP contribution in [0.5, 0.6) is 0 Å². The highest BCUT2D eigenvalue weighted by Crippen LogP contribution is 2.17. The topological polar surface area (TPSA) is 61.4 Å². The molecule has 2 amide bonds. The van der Waals surface area contributed by atoms with Crippen LogP contribution in [-0.2, 0) is 9.59 Å². The van der Waals surface area contributed by atoms with Crippen LogP contribution in [0, 0.1) is 11.6 Å². The maximum absolute atomic E-state index is 13.4. The first-order valence-electron chi connectivity index (χ1n) is 6.65. The summed E-state index contributed by atoms with van der Waals surface area (Å²) in [6.45, 7) is 2.33. The van der Waals surface area contributed by atoms with E-state index in [0.717, 1.165) is 12.1 Å². The van der Waals surface area contributed by atoms with E-state index in [9.17, 15) is 18.4 Å². The van der Waals surface area contributed by atoms with Crippen molar-refractivity contribution in [3.63, 3.8) is 0 Å². The van der Waals surface area contributed by atoms with Crippen LogP contribution in [0.25, 0.3) is 0 Å². The standard InChI is InChI=1S/C14H19F2N3O2/c1-3-19(13(21)7-8-17-2)9-12(20)18-14-10(15)5-4-6-11(14)16/h4-6,17H,3,7-9H2,1-2H3,(H,18,20). The number of para-hydroxylation sites is 1. The average molecular weight is 299 g/mol. The minimum atomic E-state index is -0.854. The van der Waals surface area contributed by atoms with Crippen molar-refractivity contribution in [2.75, 3.05) is 32.0 Å². The van der Waals surface area contributed by atoms with Crippen LogP contribution in [0.1, 0.15) is 13.3 Å². The molecule has 0 bridgehead atoms. The van der Waals surface area contributed by atoms with Gasteiger partial charge >= 0.3 is 0 Å². The van der Waals surface area contributed by atoms with Gasteiger partial charge in [-0.05, 0) is 26.1 Å². The maximum Gasteiger partial charge on any atom is 0.244 e. The fraction of sp³-hybridized carbons (Fsp3) is 0.429. The zero-order valence-corrected chi connectivity index (χ0v) is 12.1. The van der Waals surface area contributed by atoms with Crippen LogP contribution < -0.4 is 10.6 Å². The first-order chi connectivity index (χ1) is 9.99. The summed E-state index contributed by atoms with van der Waals surface area (Å²) in [5.41, 5.74) is -0.499. The van der Waals surface area contributed by atoms with Gasteiger partial charge in [0.2, 0.25) is 11.8 Å². The third kappa shape index (κ3) is 5.11.